The van der Waals surface area contributed by atoms with Crippen LogP contribution in [0.5, 0.6) is 0 Å². The molecule has 4 nitrogen and oxygen atoms in total. The summed E-state index contributed by atoms with van der Waals surface area (Å²) in [5.41, 5.74) is 4.75. The third kappa shape index (κ3) is 5.13. The number of rotatable bonds is 3. The zero-order valence-corrected chi connectivity index (χ0v) is 13.4. The highest BCUT2D eigenvalue weighted by Crippen LogP contribution is 2.39. The molecule has 0 spiro atoms. The van der Waals surface area contributed by atoms with Gasteiger partial charge in [0.25, 0.3) is 0 Å². The van der Waals surface area contributed by atoms with E-state index in [1.807, 2.05) is 0 Å². The quantitative estimate of drug-likeness (QED) is 0.877. The summed E-state index contributed by atoms with van der Waals surface area (Å²) in [7, 11) is 0. The van der Waals surface area contributed by atoms with Gasteiger partial charge in [-0.3, -0.25) is 5.32 Å². The van der Waals surface area contributed by atoms with Crippen LogP contribution in [-0.4, -0.2) is 17.2 Å². The number of alkyl halides is 3. The molecule has 1 saturated carbocycles. The van der Waals surface area contributed by atoms with Crippen molar-refractivity contribution in [2.24, 2.45) is 5.73 Å². The van der Waals surface area contributed by atoms with Gasteiger partial charge in [0.1, 0.15) is 5.60 Å². The predicted molar refractivity (Wildman–Crippen MR) is 81.2 cm³/mol. The van der Waals surface area contributed by atoms with Crippen molar-refractivity contribution in [2.45, 2.75) is 57.3 Å². The highest BCUT2D eigenvalue weighted by atomic mass is 19.4. The number of carbonyl (C=O) groups is 1. The van der Waals surface area contributed by atoms with Gasteiger partial charge in [-0.25, -0.2) is 4.79 Å². The number of halogens is 3. The maximum atomic E-state index is 12.9. The molecule has 3 N–H and O–H groups in total. The Labute approximate surface area is 133 Å². The van der Waals surface area contributed by atoms with Gasteiger partial charge in [-0.1, -0.05) is 6.07 Å². The molecular weight excluding hydrogens is 309 g/mol. The molecule has 0 heterocycles. The van der Waals surface area contributed by atoms with Gasteiger partial charge in [0.2, 0.25) is 0 Å². The molecule has 0 atom stereocenters. The molecule has 0 saturated heterocycles. The average molecular weight is 330 g/mol. The fourth-order valence-electron chi connectivity index (χ4n) is 2.15. The van der Waals surface area contributed by atoms with Crippen LogP contribution in [0, 0.1) is 0 Å². The average Bonchev–Trinajstić information content (AvgIpc) is 3.05. The number of anilines is 1. The van der Waals surface area contributed by atoms with Crippen LogP contribution >= 0.6 is 0 Å². The first-order valence-electron chi connectivity index (χ1n) is 7.37. The molecule has 1 aromatic carbocycles. The van der Waals surface area contributed by atoms with Gasteiger partial charge in [-0.2, -0.15) is 13.2 Å². The highest BCUT2D eigenvalue weighted by molar-refractivity contribution is 5.86. The standard InChI is InChI=1S/C16H21F3N2O2/c1-14(2,3)23-13(22)21-12-8-11(16(17,18)19)5-4-10(12)9-15(20)6-7-15/h4-5,8H,6-7,9,20H2,1-3H3,(H,21,22). The number of hydrogen-bond acceptors (Lipinski definition) is 3. The van der Waals surface area contributed by atoms with Crippen LogP contribution in [0.15, 0.2) is 18.2 Å². The van der Waals surface area contributed by atoms with E-state index in [1.54, 1.807) is 20.8 Å². The predicted octanol–water partition coefficient (Wildman–Crippen LogP) is 4.09. The summed E-state index contributed by atoms with van der Waals surface area (Å²) >= 11 is 0. The summed E-state index contributed by atoms with van der Waals surface area (Å²) in [6.45, 7) is 5.04. The number of nitrogens with two attached hydrogens (primary N) is 1. The van der Waals surface area contributed by atoms with E-state index in [2.05, 4.69) is 5.32 Å². The zero-order valence-electron chi connectivity index (χ0n) is 13.4. The van der Waals surface area contributed by atoms with Crippen LogP contribution in [0.25, 0.3) is 0 Å². The number of benzene rings is 1. The Kier molecular flexibility index (Phi) is 4.36. The number of carbonyl (C=O) groups excluding carboxylic acids is 1. The molecule has 1 amide bonds. The summed E-state index contributed by atoms with van der Waals surface area (Å²) in [4.78, 5) is 11.9. The van der Waals surface area contributed by atoms with E-state index in [0.29, 0.717) is 12.0 Å². The third-order valence-electron chi connectivity index (χ3n) is 3.51. The molecule has 1 aliphatic carbocycles. The molecule has 1 aliphatic rings. The minimum absolute atomic E-state index is 0.0887. The Morgan fingerprint density at radius 2 is 1.91 bits per heavy atom. The van der Waals surface area contributed by atoms with E-state index < -0.39 is 23.4 Å². The first-order valence-corrected chi connectivity index (χ1v) is 7.37. The lowest BCUT2D eigenvalue weighted by molar-refractivity contribution is -0.137. The van der Waals surface area contributed by atoms with Crippen molar-refractivity contribution in [1.29, 1.82) is 0 Å². The van der Waals surface area contributed by atoms with Gasteiger partial charge < -0.3 is 10.5 Å². The summed E-state index contributed by atoms with van der Waals surface area (Å²) in [6, 6.07) is 3.29. The molecule has 1 aromatic rings. The Morgan fingerprint density at radius 3 is 2.39 bits per heavy atom. The molecule has 0 bridgehead atoms. The van der Waals surface area contributed by atoms with E-state index >= 15 is 0 Å². The topological polar surface area (TPSA) is 64.3 Å². The molecule has 23 heavy (non-hydrogen) atoms. The lowest BCUT2D eigenvalue weighted by Gasteiger charge is -2.21. The van der Waals surface area contributed by atoms with Crippen LogP contribution < -0.4 is 11.1 Å². The van der Waals surface area contributed by atoms with Crippen LogP contribution in [0.4, 0.5) is 23.7 Å². The van der Waals surface area contributed by atoms with Gasteiger partial charge in [0.05, 0.1) is 5.56 Å². The first-order chi connectivity index (χ1) is 10.4. The van der Waals surface area contributed by atoms with E-state index in [9.17, 15) is 18.0 Å². The smallest absolute Gasteiger partial charge is 0.416 e. The normalized spacial score (nSPS) is 16.8. The van der Waals surface area contributed by atoms with Gasteiger partial charge >= 0.3 is 12.3 Å². The highest BCUT2D eigenvalue weighted by Gasteiger charge is 2.39. The molecule has 7 heteroatoms. The molecule has 0 radical (unpaired) electrons. The Hall–Kier alpha value is -1.76. The van der Waals surface area contributed by atoms with Crippen LogP contribution in [-0.2, 0) is 17.3 Å². The third-order valence-corrected chi connectivity index (χ3v) is 3.51. The minimum atomic E-state index is -4.48. The van der Waals surface area contributed by atoms with E-state index in [1.165, 1.54) is 6.07 Å². The molecule has 0 unspecified atom stereocenters. The summed E-state index contributed by atoms with van der Waals surface area (Å²) in [6.07, 6.45) is -3.22. The maximum Gasteiger partial charge on any atom is 0.416 e. The number of ether oxygens (including phenoxy) is 1. The monoisotopic (exact) mass is 330 g/mol. The van der Waals surface area contributed by atoms with Gasteiger partial charge in [0, 0.05) is 11.2 Å². The lowest BCUT2D eigenvalue weighted by atomic mass is 10.0. The maximum absolute atomic E-state index is 12.9. The van der Waals surface area contributed by atoms with Crippen molar-refractivity contribution in [2.75, 3.05) is 5.32 Å². The second kappa shape index (κ2) is 5.70. The Bertz CT molecular complexity index is 602. The van der Waals surface area contributed by atoms with E-state index in [0.717, 1.165) is 25.0 Å². The van der Waals surface area contributed by atoms with Crippen LogP contribution in [0.3, 0.4) is 0 Å². The van der Waals surface area contributed by atoms with Crippen molar-refractivity contribution in [3.8, 4) is 0 Å². The summed E-state index contributed by atoms with van der Waals surface area (Å²) in [5.74, 6) is 0. The van der Waals surface area contributed by atoms with E-state index in [4.69, 9.17) is 10.5 Å². The van der Waals surface area contributed by atoms with Crippen molar-refractivity contribution < 1.29 is 22.7 Å². The second-order valence-corrected chi connectivity index (χ2v) is 7.04. The zero-order chi connectivity index (χ0) is 17.5. The summed E-state index contributed by atoms with van der Waals surface area (Å²) < 4.78 is 43.8. The molecule has 1 fully saturated rings. The lowest BCUT2D eigenvalue weighted by Crippen LogP contribution is -2.29. The Morgan fingerprint density at radius 1 is 1.30 bits per heavy atom. The fraction of sp³-hybridized carbons (Fsp3) is 0.562. The largest absolute Gasteiger partial charge is 0.444 e. The van der Waals surface area contributed by atoms with Crippen molar-refractivity contribution >= 4 is 11.8 Å². The van der Waals surface area contributed by atoms with Crippen LogP contribution in [0.2, 0.25) is 0 Å². The van der Waals surface area contributed by atoms with E-state index in [-0.39, 0.29) is 11.2 Å². The number of amides is 1. The molecule has 128 valence electrons. The summed E-state index contributed by atoms with van der Waals surface area (Å²) in [5, 5.41) is 2.41. The SMILES string of the molecule is CC(C)(C)OC(=O)Nc1cc(C(F)(F)F)ccc1CC1(N)CC1. The first kappa shape index (κ1) is 17.6. The number of hydrogen-bond donors (Lipinski definition) is 2. The molecule has 0 aliphatic heterocycles. The number of nitrogens with one attached hydrogen (secondary N) is 1. The van der Waals surface area contributed by atoms with Gasteiger partial charge in [0.15, 0.2) is 0 Å². The minimum Gasteiger partial charge on any atom is -0.444 e. The molecule has 2 rings (SSSR count). The van der Waals surface area contributed by atoms with Crippen molar-refractivity contribution in [3.05, 3.63) is 29.3 Å². The van der Waals surface area contributed by atoms with Gasteiger partial charge in [-0.15, -0.1) is 0 Å². The van der Waals surface area contributed by atoms with Crippen LogP contribution in [0.1, 0.15) is 44.7 Å². The van der Waals surface area contributed by atoms with Crippen molar-refractivity contribution in [3.63, 3.8) is 0 Å². The van der Waals surface area contributed by atoms with Crippen molar-refractivity contribution in [1.82, 2.24) is 0 Å². The second-order valence-electron chi connectivity index (χ2n) is 7.04. The fourth-order valence-corrected chi connectivity index (χ4v) is 2.15. The Balaban J connectivity index is 2.26. The molecular formula is C16H21F3N2O2. The van der Waals surface area contributed by atoms with Gasteiger partial charge in [-0.05, 0) is 57.7 Å². The molecule has 0 aromatic heterocycles.